The van der Waals surface area contributed by atoms with Gasteiger partial charge in [-0.15, -0.1) is 0 Å². The fourth-order valence-corrected chi connectivity index (χ4v) is 4.52. The van der Waals surface area contributed by atoms with Gasteiger partial charge >= 0.3 is 17.8 Å². The molecule has 0 saturated carbocycles. The molecule has 1 aliphatic rings. The average Bonchev–Trinajstić information content (AvgIpc) is 2.90. The topological polar surface area (TPSA) is 90.2 Å². The van der Waals surface area contributed by atoms with Crippen LogP contribution in [-0.2, 0) is 23.1 Å². The highest BCUT2D eigenvalue weighted by molar-refractivity contribution is 5.85. The smallest absolute Gasteiger partial charge is 0.417 e. The highest BCUT2D eigenvalue weighted by atomic mass is 19.4. The first-order valence-electron chi connectivity index (χ1n) is 12.7. The summed E-state index contributed by atoms with van der Waals surface area (Å²) in [7, 11) is 1.58. The molecule has 2 aromatic carbocycles. The van der Waals surface area contributed by atoms with Crippen LogP contribution in [0.25, 0.3) is 11.0 Å². The third kappa shape index (κ3) is 6.30. The fraction of sp³-hybridized carbons (Fsp3) is 0.429. The zero-order valence-electron chi connectivity index (χ0n) is 22.0. The first-order valence-corrected chi connectivity index (χ1v) is 12.7. The molecule has 0 bridgehead atoms. The first kappa shape index (κ1) is 28.3. The molecule has 0 spiro atoms. The zero-order chi connectivity index (χ0) is 28.2. The van der Waals surface area contributed by atoms with Crippen LogP contribution in [0.5, 0.6) is 11.5 Å². The molecular weight excluding hydrogens is 517 g/mol. The number of methoxy groups -OCH3 is 1. The lowest BCUT2D eigenvalue weighted by molar-refractivity contribution is -0.136. The third-order valence-electron chi connectivity index (χ3n) is 6.64. The minimum absolute atomic E-state index is 0.101. The van der Waals surface area contributed by atoms with Crippen molar-refractivity contribution < 1.29 is 36.6 Å². The van der Waals surface area contributed by atoms with Gasteiger partial charge in [0.2, 0.25) is 0 Å². The van der Waals surface area contributed by atoms with Gasteiger partial charge in [-0.2, -0.15) is 13.2 Å². The predicted molar refractivity (Wildman–Crippen MR) is 138 cm³/mol. The molecule has 1 fully saturated rings. The summed E-state index contributed by atoms with van der Waals surface area (Å²) in [5.74, 6) is 1.08. The average molecular weight is 549 g/mol. The summed E-state index contributed by atoms with van der Waals surface area (Å²) in [6.07, 6.45) is -2.49. The monoisotopic (exact) mass is 548 g/mol. The van der Waals surface area contributed by atoms with Crippen molar-refractivity contribution in [2.45, 2.75) is 51.4 Å². The second-order valence-electron chi connectivity index (χ2n) is 9.43. The van der Waals surface area contributed by atoms with Gasteiger partial charge in [0.1, 0.15) is 23.8 Å². The normalized spacial score (nSPS) is 17.8. The van der Waals surface area contributed by atoms with Crippen LogP contribution in [0.2, 0.25) is 0 Å². The number of urea groups is 1. The van der Waals surface area contributed by atoms with Crippen LogP contribution in [-0.4, -0.2) is 37.9 Å². The van der Waals surface area contributed by atoms with E-state index in [9.17, 15) is 22.8 Å². The Morgan fingerprint density at radius 3 is 2.49 bits per heavy atom. The van der Waals surface area contributed by atoms with Crippen LogP contribution in [0.15, 0.2) is 51.7 Å². The number of carbonyl (C=O) groups is 1. The molecule has 0 radical (unpaired) electrons. The van der Waals surface area contributed by atoms with E-state index in [1.54, 1.807) is 31.1 Å². The van der Waals surface area contributed by atoms with Gasteiger partial charge in [-0.1, -0.05) is 25.5 Å². The molecule has 8 nitrogen and oxygen atoms in total. The number of hydrogen-bond acceptors (Lipinski definition) is 6. The standard InChI is InChI=1S/C28H31F3N2O6/c1-4-7-21-23(13-12-20-22(28(29,30)31)16-24(34)39-25(20)21)37-15-6-5-14-33-17-38-27(2,32-26(33)35)18-8-10-19(36-3)11-9-18/h8-13,16H,4-7,14-15,17H2,1-3H3,(H,32,35). The molecule has 4 rings (SSSR count). The van der Waals surface area contributed by atoms with Crippen LogP contribution < -0.4 is 20.4 Å². The predicted octanol–water partition coefficient (Wildman–Crippen LogP) is 5.80. The summed E-state index contributed by atoms with van der Waals surface area (Å²) in [5, 5.41) is 2.73. The molecule has 11 heteroatoms. The van der Waals surface area contributed by atoms with E-state index < -0.39 is 23.1 Å². The van der Waals surface area contributed by atoms with Gasteiger partial charge < -0.3 is 28.8 Å². The lowest BCUT2D eigenvalue weighted by atomic mass is 10.0. The Labute approximate surface area is 223 Å². The highest BCUT2D eigenvalue weighted by Crippen LogP contribution is 2.37. The second kappa shape index (κ2) is 11.6. The molecule has 39 heavy (non-hydrogen) atoms. The van der Waals surface area contributed by atoms with E-state index in [1.807, 2.05) is 19.1 Å². The van der Waals surface area contributed by atoms with E-state index in [0.717, 1.165) is 5.56 Å². The van der Waals surface area contributed by atoms with E-state index in [4.69, 9.17) is 18.6 Å². The summed E-state index contributed by atoms with van der Waals surface area (Å²) < 4.78 is 62.7. The van der Waals surface area contributed by atoms with Crippen LogP contribution in [0, 0.1) is 0 Å². The lowest BCUT2D eigenvalue weighted by Gasteiger charge is -2.40. The Kier molecular flexibility index (Phi) is 8.39. The number of aryl methyl sites for hydroxylation is 1. The number of unbranched alkanes of at least 4 members (excludes halogenated alkanes) is 1. The molecule has 1 unspecified atom stereocenters. The molecule has 1 atom stereocenters. The maximum atomic E-state index is 13.5. The largest absolute Gasteiger partial charge is 0.497 e. The second-order valence-corrected chi connectivity index (χ2v) is 9.43. The number of benzene rings is 2. The minimum Gasteiger partial charge on any atom is -0.497 e. The van der Waals surface area contributed by atoms with Crippen LogP contribution in [0.4, 0.5) is 18.0 Å². The Morgan fingerprint density at radius 2 is 1.85 bits per heavy atom. The highest BCUT2D eigenvalue weighted by Gasteiger charge is 2.37. The quantitative estimate of drug-likeness (QED) is 0.254. The van der Waals surface area contributed by atoms with Gasteiger partial charge in [-0.25, -0.2) is 9.59 Å². The molecule has 1 aromatic heterocycles. The third-order valence-corrected chi connectivity index (χ3v) is 6.64. The first-order chi connectivity index (χ1) is 18.6. The maximum absolute atomic E-state index is 13.5. The summed E-state index contributed by atoms with van der Waals surface area (Å²) >= 11 is 0. The fourth-order valence-electron chi connectivity index (χ4n) is 4.52. The SMILES string of the molecule is CCCc1c(OCCCCN2COC(C)(c3ccc(OC)cc3)NC2=O)ccc2c(C(F)(F)F)cc(=O)oc12. The number of nitrogens with one attached hydrogen (secondary N) is 1. The number of rotatable bonds is 10. The molecule has 2 amide bonds. The number of fused-ring (bicyclic) bond motifs is 1. The van der Waals surface area contributed by atoms with Crippen molar-refractivity contribution in [2.24, 2.45) is 0 Å². The molecule has 0 aliphatic carbocycles. The Bertz CT molecular complexity index is 1370. The maximum Gasteiger partial charge on any atom is 0.417 e. The van der Waals surface area contributed by atoms with Crippen LogP contribution in [0.3, 0.4) is 0 Å². The van der Waals surface area contributed by atoms with Crippen LogP contribution in [0.1, 0.15) is 49.8 Å². The molecule has 1 saturated heterocycles. The van der Waals surface area contributed by atoms with Crippen molar-refractivity contribution in [2.75, 3.05) is 27.0 Å². The van der Waals surface area contributed by atoms with Crippen molar-refractivity contribution in [1.29, 1.82) is 0 Å². The summed E-state index contributed by atoms with van der Waals surface area (Å²) in [5.41, 5.74) is -1.93. The van der Waals surface area contributed by atoms with Crippen molar-refractivity contribution in [3.63, 3.8) is 0 Å². The van der Waals surface area contributed by atoms with Crippen molar-refractivity contribution in [1.82, 2.24) is 10.2 Å². The Hall–Kier alpha value is -3.73. The number of halogens is 3. The Morgan fingerprint density at radius 1 is 1.10 bits per heavy atom. The zero-order valence-corrected chi connectivity index (χ0v) is 22.0. The summed E-state index contributed by atoms with van der Waals surface area (Å²) in [6.45, 7) is 4.47. The van der Waals surface area contributed by atoms with E-state index in [-0.39, 0.29) is 30.3 Å². The Balaban J connectivity index is 1.34. The summed E-state index contributed by atoms with van der Waals surface area (Å²) in [6, 6.07) is 10.2. The number of alkyl halides is 3. The van der Waals surface area contributed by atoms with Gasteiger partial charge in [-0.05, 0) is 50.5 Å². The molecule has 3 aromatic rings. The van der Waals surface area contributed by atoms with Gasteiger partial charge in [0.05, 0.1) is 19.3 Å². The molecule has 2 heterocycles. The lowest BCUT2D eigenvalue weighted by Crippen LogP contribution is -2.58. The van der Waals surface area contributed by atoms with Crippen molar-refractivity contribution in [3.8, 4) is 11.5 Å². The van der Waals surface area contributed by atoms with E-state index in [2.05, 4.69) is 5.32 Å². The van der Waals surface area contributed by atoms with Gasteiger partial charge in [0.15, 0.2) is 5.72 Å². The molecule has 1 N–H and O–H groups in total. The molecular formula is C28H31F3N2O6. The molecule has 1 aliphatic heterocycles. The summed E-state index contributed by atoms with van der Waals surface area (Å²) in [4.78, 5) is 26.2. The van der Waals surface area contributed by atoms with Crippen molar-refractivity contribution in [3.05, 3.63) is 69.6 Å². The van der Waals surface area contributed by atoms with E-state index >= 15 is 0 Å². The molecule has 210 valence electrons. The number of ether oxygens (including phenoxy) is 3. The minimum atomic E-state index is -4.68. The van der Waals surface area contributed by atoms with Gasteiger partial charge in [0.25, 0.3) is 0 Å². The van der Waals surface area contributed by atoms with Crippen LogP contribution >= 0.6 is 0 Å². The van der Waals surface area contributed by atoms with Gasteiger partial charge in [0, 0.05) is 29.1 Å². The number of hydrogen-bond donors (Lipinski definition) is 1. The van der Waals surface area contributed by atoms with E-state index in [0.29, 0.717) is 55.4 Å². The number of amides is 2. The number of carbonyl (C=O) groups excluding carboxylic acids is 1. The van der Waals surface area contributed by atoms with Gasteiger partial charge in [-0.3, -0.25) is 0 Å². The number of nitrogens with zero attached hydrogens (tertiary/aromatic N) is 1. The van der Waals surface area contributed by atoms with Crippen molar-refractivity contribution >= 4 is 17.0 Å². The van der Waals surface area contributed by atoms with E-state index in [1.165, 1.54) is 12.1 Å².